The molecule has 0 spiro atoms. The van der Waals surface area contributed by atoms with Crippen LogP contribution >= 0.6 is 11.8 Å². The average molecular weight is 548 g/mol. The molecule has 0 saturated heterocycles. The molecule has 1 aliphatic rings. The number of thioether (sulfide) groups is 1. The molecule has 0 fully saturated rings. The number of aliphatic hydroxyl groups is 1. The summed E-state index contributed by atoms with van der Waals surface area (Å²) >= 11 is 0.983. The minimum atomic E-state index is -0.781. The molecule has 1 aliphatic heterocycles. The number of hydrogen-bond acceptors (Lipinski definition) is 7. The first-order valence-electron chi connectivity index (χ1n) is 12.1. The van der Waals surface area contributed by atoms with Gasteiger partial charge in [-0.1, -0.05) is 54.2 Å². The summed E-state index contributed by atoms with van der Waals surface area (Å²) in [6.07, 6.45) is 1.63. The number of halogens is 1. The fraction of sp³-hybridized carbons (Fsp3) is 0.167. The molecular formula is C30H26FNO6S. The first kappa shape index (κ1) is 27.7. The second-order valence-electron chi connectivity index (χ2n) is 8.38. The van der Waals surface area contributed by atoms with E-state index >= 15 is 0 Å². The zero-order valence-corrected chi connectivity index (χ0v) is 22.4. The van der Waals surface area contributed by atoms with Crippen LogP contribution in [-0.4, -0.2) is 35.7 Å². The fourth-order valence-corrected chi connectivity index (χ4v) is 4.79. The number of carbonyl (C=O) groups excluding carboxylic acids is 2. The van der Waals surface area contributed by atoms with Gasteiger partial charge in [-0.15, -0.1) is 0 Å². The molecule has 1 N–H and O–H groups in total. The summed E-state index contributed by atoms with van der Waals surface area (Å²) in [5.74, 6) is -1.23. The Kier molecular flexibility index (Phi) is 8.83. The number of aliphatic imine (C=N–C) groups is 1. The number of benzene rings is 3. The molecule has 4 rings (SSSR count). The van der Waals surface area contributed by atoms with Gasteiger partial charge in [-0.05, 0) is 55.3 Å². The van der Waals surface area contributed by atoms with Crippen molar-refractivity contribution in [3.8, 4) is 11.5 Å². The number of rotatable bonds is 8. The van der Waals surface area contributed by atoms with Gasteiger partial charge in [0.1, 0.15) is 28.8 Å². The summed E-state index contributed by atoms with van der Waals surface area (Å²) in [6, 6.07) is 18.4. The van der Waals surface area contributed by atoms with E-state index in [2.05, 4.69) is 4.99 Å². The number of aryl methyl sites for hydroxylation is 1. The highest BCUT2D eigenvalue weighted by atomic mass is 32.2. The molecule has 0 atom stereocenters. The Hall–Kier alpha value is -4.37. The Morgan fingerprint density at radius 2 is 1.79 bits per heavy atom. The van der Waals surface area contributed by atoms with E-state index in [-0.39, 0.29) is 35.4 Å². The normalized spacial score (nSPS) is 15.1. The van der Waals surface area contributed by atoms with Gasteiger partial charge in [0.25, 0.3) is 5.91 Å². The number of carbonyl (C=O) groups is 2. The first-order chi connectivity index (χ1) is 18.8. The number of amides is 1. The van der Waals surface area contributed by atoms with Crippen molar-refractivity contribution in [3.05, 3.63) is 111 Å². The molecule has 9 heteroatoms. The van der Waals surface area contributed by atoms with Crippen LogP contribution in [0.1, 0.15) is 34.0 Å². The predicted molar refractivity (Wildman–Crippen MR) is 149 cm³/mol. The highest BCUT2D eigenvalue weighted by Gasteiger charge is 2.34. The van der Waals surface area contributed by atoms with Gasteiger partial charge in [-0.2, -0.15) is 0 Å². The maximum absolute atomic E-state index is 14.0. The lowest BCUT2D eigenvalue weighted by Gasteiger charge is -2.12. The minimum absolute atomic E-state index is 0.0144. The molecule has 3 aromatic rings. The zero-order chi connectivity index (χ0) is 27.9. The molecule has 0 saturated carbocycles. The van der Waals surface area contributed by atoms with Crippen molar-refractivity contribution in [1.82, 2.24) is 0 Å². The maximum Gasteiger partial charge on any atom is 0.344 e. The van der Waals surface area contributed by atoms with Crippen molar-refractivity contribution in [3.63, 3.8) is 0 Å². The van der Waals surface area contributed by atoms with Crippen LogP contribution in [0.25, 0.3) is 6.08 Å². The molecule has 0 aromatic heterocycles. The number of aliphatic hydroxyl groups excluding tert-OH is 1. The van der Waals surface area contributed by atoms with Crippen LogP contribution in [0.2, 0.25) is 0 Å². The van der Waals surface area contributed by atoms with Crippen LogP contribution < -0.4 is 9.47 Å². The van der Waals surface area contributed by atoms with Gasteiger partial charge >= 0.3 is 5.97 Å². The van der Waals surface area contributed by atoms with E-state index in [9.17, 15) is 19.1 Å². The Morgan fingerprint density at radius 3 is 2.51 bits per heavy atom. The summed E-state index contributed by atoms with van der Waals surface area (Å²) in [5.41, 5.74) is 1.98. The quantitative estimate of drug-likeness (QED) is 0.325. The molecular weight excluding hydrogens is 521 g/mol. The summed E-state index contributed by atoms with van der Waals surface area (Å²) in [7, 11) is 1.48. The van der Waals surface area contributed by atoms with Crippen molar-refractivity contribution in [2.45, 2.75) is 20.5 Å². The van der Waals surface area contributed by atoms with Crippen LogP contribution in [0, 0.1) is 12.7 Å². The van der Waals surface area contributed by atoms with Gasteiger partial charge in [0, 0.05) is 11.1 Å². The second kappa shape index (κ2) is 12.4. The SMILES string of the molecule is CCOC(=O)C1=C(O)/C(=C/c2ccc(OCc3ccccc3F)c(OC)c2)SC1=NC(=O)c1ccccc1C. The highest BCUT2D eigenvalue weighted by Crippen LogP contribution is 2.40. The van der Waals surface area contributed by atoms with Crippen molar-refractivity contribution in [1.29, 1.82) is 0 Å². The molecule has 1 amide bonds. The van der Waals surface area contributed by atoms with E-state index in [4.69, 9.17) is 14.2 Å². The van der Waals surface area contributed by atoms with Crippen molar-refractivity contribution in [2.75, 3.05) is 13.7 Å². The topological polar surface area (TPSA) is 94.4 Å². The van der Waals surface area contributed by atoms with Gasteiger partial charge in [0.2, 0.25) is 0 Å². The zero-order valence-electron chi connectivity index (χ0n) is 21.6. The number of hydrogen-bond donors (Lipinski definition) is 1. The smallest absolute Gasteiger partial charge is 0.344 e. The number of esters is 1. The van der Waals surface area contributed by atoms with Gasteiger partial charge in [-0.25, -0.2) is 14.2 Å². The summed E-state index contributed by atoms with van der Waals surface area (Å²) in [6.45, 7) is 3.54. The van der Waals surface area contributed by atoms with E-state index in [0.717, 1.165) is 17.3 Å². The lowest BCUT2D eigenvalue weighted by molar-refractivity contribution is -0.138. The third-order valence-electron chi connectivity index (χ3n) is 5.78. The molecule has 0 aliphatic carbocycles. The van der Waals surface area contributed by atoms with Crippen LogP contribution in [-0.2, 0) is 16.1 Å². The third kappa shape index (κ3) is 6.38. The number of ether oxygens (including phenoxy) is 3. The Bertz CT molecular complexity index is 1510. The van der Waals surface area contributed by atoms with Gasteiger partial charge in [-0.3, -0.25) is 4.79 Å². The molecule has 7 nitrogen and oxygen atoms in total. The molecule has 39 heavy (non-hydrogen) atoms. The van der Waals surface area contributed by atoms with E-state index in [1.165, 1.54) is 13.2 Å². The predicted octanol–water partition coefficient (Wildman–Crippen LogP) is 6.42. The van der Waals surface area contributed by atoms with E-state index < -0.39 is 11.9 Å². The summed E-state index contributed by atoms with van der Waals surface area (Å²) in [5, 5.41) is 11.0. The maximum atomic E-state index is 14.0. The summed E-state index contributed by atoms with van der Waals surface area (Å²) in [4.78, 5) is 30.0. The molecule has 3 aromatic carbocycles. The standard InChI is InChI=1S/C30H26FNO6S/c1-4-37-30(35)26-27(33)25(39-29(26)32-28(34)21-11-7-5-9-18(21)2)16-19-13-14-23(24(15-19)36-3)38-17-20-10-6-8-12-22(20)31/h5-16,33H,4,17H2,1-3H3/b25-16-,32-29?. The van der Waals surface area contributed by atoms with Gasteiger partial charge < -0.3 is 19.3 Å². The first-order valence-corrected chi connectivity index (χ1v) is 12.9. The van der Waals surface area contributed by atoms with E-state index in [1.807, 2.05) is 6.07 Å². The molecule has 1 heterocycles. The lowest BCUT2D eigenvalue weighted by atomic mass is 10.1. The van der Waals surface area contributed by atoms with Crippen LogP contribution in [0.15, 0.2) is 88.0 Å². The van der Waals surface area contributed by atoms with Crippen LogP contribution in [0.3, 0.4) is 0 Å². The molecule has 0 unspecified atom stereocenters. The monoisotopic (exact) mass is 547 g/mol. The van der Waals surface area contributed by atoms with E-state index in [1.54, 1.807) is 74.5 Å². The van der Waals surface area contributed by atoms with Crippen molar-refractivity contribution >= 4 is 34.8 Å². The molecule has 0 radical (unpaired) electrons. The van der Waals surface area contributed by atoms with Gasteiger partial charge in [0.05, 0.1) is 18.6 Å². The lowest BCUT2D eigenvalue weighted by Crippen LogP contribution is -2.14. The fourth-order valence-electron chi connectivity index (χ4n) is 3.77. The minimum Gasteiger partial charge on any atom is -0.506 e. The molecule has 200 valence electrons. The van der Waals surface area contributed by atoms with Gasteiger partial charge in [0.15, 0.2) is 11.5 Å². The van der Waals surface area contributed by atoms with Crippen molar-refractivity contribution in [2.24, 2.45) is 4.99 Å². The van der Waals surface area contributed by atoms with Crippen molar-refractivity contribution < 1.29 is 33.3 Å². The van der Waals surface area contributed by atoms with Crippen LogP contribution in [0.5, 0.6) is 11.5 Å². The third-order valence-corrected chi connectivity index (χ3v) is 6.80. The molecule has 0 bridgehead atoms. The van der Waals surface area contributed by atoms with Crippen LogP contribution in [0.4, 0.5) is 4.39 Å². The Labute approximate surface area is 229 Å². The Balaban J connectivity index is 1.63. The second-order valence-corrected chi connectivity index (χ2v) is 9.41. The average Bonchev–Trinajstić information content (AvgIpc) is 3.22. The largest absolute Gasteiger partial charge is 0.506 e. The highest BCUT2D eigenvalue weighted by molar-refractivity contribution is 8.18. The summed E-state index contributed by atoms with van der Waals surface area (Å²) < 4.78 is 30.3. The van der Waals surface area contributed by atoms with E-state index in [0.29, 0.717) is 33.1 Å². The number of methoxy groups -OCH3 is 1. The Morgan fingerprint density at radius 1 is 1.05 bits per heavy atom. The number of nitrogens with zero attached hydrogens (tertiary/aromatic N) is 1.